The van der Waals surface area contributed by atoms with Crippen molar-refractivity contribution >= 4 is 15.7 Å². The number of nitrogens with one attached hydrogen (secondary N) is 1. The second-order valence-corrected chi connectivity index (χ2v) is 6.29. The zero-order valence-corrected chi connectivity index (χ0v) is 9.63. The molecule has 4 nitrogen and oxygen atoms in total. The van der Waals surface area contributed by atoms with Gasteiger partial charge in [0.2, 0.25) is 0 Å². The fourth-order valence-electron chi connectivity index (χ4n) is 1.38. The molecule has 15 heavy (non-hydrogen) atoms. The molecule has 0 radical (unpaired) electrons. The number of hydrogen-bond acceptors (Lipinski definition) is 4. The molecule has 0 aromatic carbocycles. The summed E-state index contributed by atoms with van der Waals surface area (Å²) in [6, 6.07) is 3.22. The highest BCUT2D eigenvalue weighted by Gasteiger charge is 2.38. The minimum absolute atomic E-state index is 0.0355. The molecule has 1 fully saturated rings. The van der Waals surface area contributed by atoms with E-state index in [1.165, 1.54) is 6.26 Å². The third-order valence-electron chi connectivity index (χ3n) is 2.59. The molecule has 1 aliphatic carbocycles. The molecule has 1 aliphatic rings. The molecule has 1 saturated carbocycles. The second kappa shape index (κ2) is 3.20. The lowest BCUT2D eigenvalue weighted by Crippen LogP contribution is -2.19. The van der Waals surface area contributed by atoms with Crippen molar-refractivity contribution in [1.82, 2.24) is 4.98 Å². The van der Waals surface area contributed by atoms with Gasteiger partial charge in [0.05, 0.1) is 0 Å². The van der Waals surface area contributed by atoms with Gasteiger partial charge in [0.15, 0.2) is 9.84 Å². The molecule has 1 aromatic heterocycles. The average molecular weight is 226 g/mol. The molecule has 1 aromatic rings. The lowest BCUT2D eigenvalue weighted by Gasteiger charge is -2.14. The minimum Gasteiger partial charge on any atom is -0.364 e. The van der Waals surface area contributed by atoms with Crippen LogP contribution in [-0.2, 0) is 9.84 Å². The van der Waals surface area contributed by atoms with Crippen molar-refractivity contribution in [1.29, 1.82) is 0 Å². The van der Waals surface area contributed by atoms with Crippen LogP contribution in [0.5, 0.6) is 0 Å². The van der Waals surface area contributed by atoms with Crippen LogP contribution in [0.15, 0.2) is 23.2 Å². The van der Waals surface area contributed by atoms with Gasteiger partial charge < -0.3 is 5.32 Å². The van der Waals surface area contributed by atoms with Crippen LogP contribution < -0.4 is 5.32 Å². The van der Waals surface area contributed by atoms with Gasteiger partial charge in [-0.15, -0.1) is 0 Å². The molecule has 0 bridgehead atoms. The molecule has 0 saturated heterocycles. The number of sulfone groups is 1. The zero-order chi connectivity index (χ0) is 11.1. The first-order valence-electron chi connectivity index (χ1n) is 4.84. The first-order valence-corrected chi connectivity index (χ1v) is 6.73. The maximum absolute atomic E-state index is 11.5. The lowest BCUT2D eigenvalue weighted by atomic mass is 10.3. The van der Waals surface area contributed by atoms with Crippen LogP contribution in [0.2, 0.25) is 0 Å². The smallest absolute Gasteiger partial charge is 0.179 e. The third-order valence-corrected chi connectivity index (χ3v) is 3.72. The van der Waals surface area contributed by atoms with Crippen LogP contribution >= 0.6 is 0 Å². The Kier molecular flexibility index (Phi) is 2.22. The van der Waals surface area contributed by atoms with E-state index in [-0.39, 0.29) is 10.4 Å². The maximum Gasteiger partial charge on any atom is 0.179 e. The quantitative estimate of drug-likeness (QED) is 0.847. The Morgan fingerprint density at radius 2 is 2.13 bits per heavy atom. The highest BCUT2D eigenvalue weighted by atomic mass is 32.2. The Balaban J connectivity index is 2.38. The van der Waals surface area contributed by atoms with Crippen molar-refractivity contribution < 1.29 is 8.42 Å². The molecule has 0 atom stereocenters. The number of aromatic nitrogens is 1. The average Bonchev–Trinajstić information content (AvgIpc) is 2.82. The van der Waals surface area contributed by atoms with Crippen molar-refractivity contribution in [2.75, 3.05) is 11.6 Å². The summed E-state index contributed by atoms with van der Waals surface area (Å²) in [5, 5.41) is 3.18. The molecular weight excluding hydrogens is 212 g/mol. The molecule has 82 valence electrons. The van der Waals surface area contributed by atoms with E-state index in [0.29, 0.717) is 5.82 Å². The van der Waals surface area contributed by atoms with E-state index in [1.807, 2.05) is 0 Å². The van der Waals surface area contributed by atoms with Crippen molar-refractivity contribution in [3.63, 3.8) is 0 Å². The summed E-state index contributed by atoms with van der Waals surface area (Å²) < 4.78 is 23.0. The highest BCUT2D eigenvalue weighted by Crippen LogP contribution is 2.38. The summed E-state index contributed by atoms with van der Waals surface area (Å²) in [5.74, 6) is 0.472. The fraction of sp³-hybridized carbons (Fsp3) is 0.500. The lowest BCUT2D eigenvalue weighted by molar-refractivity contribution is 0.601. The van der Waals surface area contributed by atoms with E-state index in [4.69, 9.17) is 0 Å². The highest BCUT2D eigenvalue weighted by molar-refractivity contribution is 7.90. The van der Waals surface area contributed by atoms with E-state index in [1.54, 1.807) is 18.3 Å². The summed E-state index contributed by atoms with van der Waals surface area (Å²) in [6.07, 6.45) is 4.92. The Labute approximate surface area is 89.6 Å². The van der Waals surface area contributed by atoms with E-state index < -0.39 is 9.84 Å². The van der Waals surface area contributed by atoms with Crippen molar-refractivity contribution in [3.8, 4) is 0 Å². The molecule has 0 spiro atoms. The number of pyridine rings is 1. The number of hydrogen-bond donors (Lipinski definition) is 1. The van der Waals surface area contributed by atoms with Crippen LogP contribution in [0.25, 0.3) is 0 Å². The molecule has 0 amide bonds. The number of rotatable bonds is 3. The van der Waals surface area contributed by atoms with E-state index >= 15 is 0 Å². The predicted octanol–water partition coefficient (Wildman–Crippen LogP) is 1.45. The topological polar surface area (TPSA) is 59.1 Å². The molecular formula is C10H14N2O2S. The van der Waals surface area contributed by atoms with E-state index in [0.717, 1.165) is 12.8 Å². The maximum atomic E-state index is 11.5. The van der Waals surface area contributed by atoms with E-state index in [2.05, 4.69) is 17.2 Å². The van der Waals surface area contributed by atoms with Crippen LogP contribution in [0.3, 0.4) is 0 Å². The van der Waals surface area contributed by atoms with Gasteiger partial charge in [-0.2, -0.15) is 0 Å². The van der Waals surface area contributed by atoms with Crippen molar-refractivity contribution in [3.05, 3.63) is 18.3 Å². The third kappa shape index (κ3) is 2.28. The summed E-state index contributed by atoms with van der Waals surface area (Å²) in [5.41, 5.74) is 0.0355. The van der Waals surface area contributed by atoms with E-state index in [9.17, 15) is 8.42 Å². The molecule has 5 heteroatoms. The van der Waals surface area contributed by atoms with Gasteiger partial charge in [0.1, 0.15) is 10.7 Å². The van der Waals surface area contributed by atoms with Gasteiger partial charge in [-0.05, 0) is 31.9 Å². The van der Waals surface area contributed by atoms with Crippen molar-refractivity contribution in [2.24, 2.45) is 0 Å². The van der Waals surface area contributed by atoms with Crippen LogP contribution in [-0.4, -0.2) is 25.2 Å². The van der Waals surface area contributed by atoms with Gasteiger partial charge >= 0.3 is 0 Å². The first kappa shape index (κ1) is 10.4. The largest absolute Gasteiger partial charge is 0.364 e. The predicted molar refractivity (Wildman–Crippen MR) is 58.6 cm³/mol. The summed E-state index contributed by atoms with van der Waals surface area (Å²) in [7, 11) is -3.20. The fourth-order valence-corrected chi connectivity index (χ4v) is 2.16. The molecule has 0 unspecified atom stereocenters. The Hall–Kier alpha value is -1.10. The SMILES string of the molecule is CC1(Nc2ncccc2S(C)(=O)=O)CC1. The van der Waals surface area contributed by atoms with Crippen LogP contribution in [0, 0.1) is 0 Å². The van der Waals surface area contributed by atoms with Gasteiger partial charge in [-0.3, -0.25) is 0 Å². The molecule has 2 rings (SSSR count). The summed E-state index contributed by atoms with van der Waals surface area (Å²) >= 11 is 0. The van der Waals surface area contributed by atoms with Crippen molar-refractivity contribution in [2.45, 2.75) is 30.2 Å². The zero-order valence-electron chi connectivity index (χ0n) is 8.82. The van der Waals surface area contributed by atoms with Gasteiger partial charge in [0.25, 0.3) is 0 Å². The first-order chi connectivity index (χ1) is 6.91. The monoisotopic (exact) mass is 226 g/mol. The normalized spacial score (nSPS) is 18.5. The van der Waals surface area contributed by atoms with Gasteiger partial charge in [0, 0.05) is 18.0 Å². The second-order valence-electron chi connectivity index (χ2n) is 4.31. The minimum atomic E-state index is -3.20. The van der Waals surface area contributed by atoms with Crippen LogP contribution in [0.1, 0.15) is 19.8 Å². The van der Waals surface area contributed by atoms with Gasteiger partial charge in [-0.1, -0.05) is 0 Å². The number of nitrogens with zero attached hydrogens (tertiary/aromatic N) is 1. The van der Waals surface area contributed by atoms with Gasteiger partial charge in [-0.25, -0.2) is 13.4 Å². The standard InChI is InChI=1S/C10H14N2O2S/c1-10(5-6-10)12-9-8(15(2,13)14)4-3-7-11-9/h3-4,7H,5-6H2,1-2H3,(H,11,12). The Bertz CT molecular complexity index is 478. The summed E-state index contributed by atoms with van der Waals surface area (Å²) in [4.78, 5) is 4.36. The molecule has 1 N–H and O–H groups in total. The summed E-state index contributed by atoms with van der Waals surface area (Å²) in [6.45, 7) is 2.06. The van der Waals surface area contributed by atoms with Crippen LogP contribution in [0.4, 0.5) is 5.82 Å². The Morgan fingerprint density at radius 3 is 2.67 bits per heavy atom. The number of anilines is 1. The molecule has 0 aliphatic heterocycles. The molecule has 1 heterocycles. The Morgan fingerprint density at radius 1 is 1.47 bits per heavy atom.